The molecule has 0 aromatic heterocycles. The van der Waals surface area contributed by atoms with E-state index in [1.54, 1.807) is 13.2 Å². The van der Waals surface area contributed by atoms with E-state index in [1.165, 1.54) is 0 Å². The average molecular weight is 431 g/mol. The van der Waals surface area contributed by atoms with Gasteiger partial charge in [0, 0.05) is 5.56 Å². The van der Waals surface area contributed by atoms with Gasteiger partial charge in [0.1, 0.15) is 10.6 Å². The molecule has 0 spiro atoms. The van der Waals surface area contributed by atoms with E-state index in [4.69, 9.17) is 4.74 Å². The van der Waals surface area contributed by atoms with E-state index in [-0.39, 0.29) is 4.90 Å². The van der Waals surface area contributed by atoms with Gasteiger partial charge in [-0.3, -0.25) is 4.55 Å². The van der Waals surface area contributed by atoms with Crippen molar-refractivity contribution in [1.29, 1.82) is 0 Å². The molecule has 31 heavy (non-hydrogen) atoms. The lowest BCUT2D eigenvalue weighted by Gasteiger charge is -2.20. The SMILES string of the molecule is COc1ccc(-c2cc(S(=O)(=O)O)c(-c3ccccc3)c(-c3ccccc3)c2C)cc1. The molecule has 0 radical (unpaired) electrons. The summed E-state index contributed by atoms with van der Waals surface area (Å²) in [6.07, 6.45) is 0. The third kappa shape index (κ3) is 4.10. The smallest absolute Gasteiger partial charge is 0.295 e. The minimum atomic E-state index is -4.50. The number of rotatable bonds is 5. The molecule has 0 amide bonds. The zero-order valence-electron chi connectivity index (χ0n) is 17.2. The van der Waals surface area contributed by atoms with Gasteiger partial charge in [0.2, 0.25) is 0 Å². The van der Waals surface area contributed by atoms with Crippen molar-refractivity contribution in [2.45, 2.75) is 11.8 Å². The van der Waals surface area contributed by atoms with Gasteiger partial charge < -0.3 is 4.74 Å². The first-order valence-electron chi connectivity index (χ1n) is 9.80. The zero-order valence-corrected chi connectivity index (χ0v) is 18.1. The van der Waals surface area contributed by atoms with Crippen molar-refractivity contribution < 1.29 is 17.7 Å². The summed E-state index contributed by atoms with van der Waals surface area (Å²) in [6.45, 7) is 1.97. The summed E-state index contributed by atoms with van der Waals surface area (Å²) in [7, 11) is -2.90. The van der Waals surface area contributed by atoms with Gasteiger partial charge in [-0.05, 0) is 58.5 Å². The maximum Gasteiger partial charge on any atom is 0.295 e. The van der Waals surface area contributed by atoms with E-state index >= 15 is 0 Å². The molecule has 0 bridgehead atoms. The summed E-state index contributed by atoms with van der Waals surface area (Å²) >= 11 is 0. The van der Waals surface area contributed by atoms with Crippen LogP contribution in [0.15, 0.2) is 95.9 Å². The van der Waals surface area contributed by atoms with Crippen molar-refractivity contribution in [3.05, 3.63) is 96.6 Å². The molecule has 0 unspecified atom stereocenters. The van der Waals surface area contributed by atoms with Gasteiger partial charge in [-0.15, -0.1) is 0 Å². The van der Waals surface area contributed by atoms with Crippen LogP contribution in [0.25, 0.3) is 33.4 Å². The van der Waals surface area contributed by atoms with Crippen LogP contribution in [0, 0.1) is 6.92 Å². The van der Waals surface area contributed by atoms with Crippen LogP contribution >= 0.6 is 0 Å². The van der Waals surface area contributed by atoms with Crippen LogP contribution in [-0.4, -0.2) is 20.1 Å². The first kappa shape index (κ1) is 20.8. The maximum atomic E-state index is 12.5. The molecule has 5 heteroatoms. The monoisotopic (exact) mass is 430 g/mol. The average Bonchev–Trinajstić information content (AvgIpc) is 2.79. The lowest BCUT2D eigenvalue weighted by Crippen LogP contribution is -2.05. The van der Waals surface area contributed by atoms with Crippen LogP contribution in [0.2, 0.25) is 0 Å². The van der Waals surface area contributed by atoms with Crippen LogP contribution in [0.3, 0.4) is 0 Å². The highest BCUT2D eigenvalue weighted by molar-refractivity contribution is 7.86. The van der Waals surface area contributed by atoms with Crippen LogP contribution in [-0.2, 0) is 10.1 Å². The molecule has 0 atom stereocenters. The zero-order chi connectivity index (χ0) is 22.0. The van der Waals surface area contributed by atoms with Gasteiger partial charge in [0.25, 0.3) is 10.1 Å². The Morgan fingerprint density at radius 2 is 1.23 bits per heavy atom. The second-order valence-corrected chi connectivity index (χ2v) is 8.62. The highest BCUT2D eigenvalue weighted by atomic mass is 32.2. The Morgan fingerprint density at radius 3 is 1.71 bits per heavy atom. The molecule has 0 fully saturated rings. The highest BCUT2D eigenvalue weighted by Gasteiger charge is 2.25. The molecule has 0 aliphatic carbocycles. The number of benzene rings is 4. The largest absolute Gasteiger partial charge is 0.497 e. The molecule has 4 aromatic rings. The molecule has 1 N–H and O–H groups in total. The molecular weight excluding hydrogens is 408 g/mol. The Hall–Kier alpha value is -3.41. The van der Waals surface area contributed by atoms with E-state index < -0.39 is 10.1 Å². The Kier molecular flexibility index (Phi) is 5.63. The van der Waals surface area contributed by atoms with Crippen molar-refractivity contribution in [3.8, 4) is 39.1 Å². The van der Waals surface area contributed by atoms with E-state index in [0.717, 1.165) is 33.4 Å². The minimum Gasteiger partial charge on any atom is -0.497 e. The number of hydrogen-bond donors (Lipinski definition) is 1. The molecule has 0 saturated heterocycles. The van der Waals surface area contributed by atoms with Crippen LogP contribution in [0.1, 0.15) is 5.56 Å². The quantitative estimate of drug-likeness (QED) is 0.380. The molecule has 0 heterocycles. The summed E-state index contributed by atoms with van der Waals surface area (Å²) in [5.41, 5.74) is 5.34. The molecule has 0 aliphatic rings. The fraction of sp³-hybridized carbons (Fsp3) is 0.0769. The van der Waals surface area contributed by atoms with E-state index in [1.807, 2.05) is 91.9 Å². The van der Waals surface area contributed by atoms with E-state index in [2.05, 4.69) is 0 Å². The Morgan fingerprint density at radius 1 is 0.710 bits per heavy atom. The number of hydrogen-bond acceptors (Lipinski definition) is 3. The molecule has 4 aromatic carbocycles. The third-order valence-corrected chi connectivity index (χ3v) is 6.23. The van der Waals surface area contributed by atoms with Gasteiger partial charge in [-0.2, -0.15) is 8.42 Å². The van der Waals surface area contributed by atoms with Crippen LogP contribution < -0.4 is 4.74 Å². The van der Waals surface area contributed by atoms with Crippen molar-refractivity contribution in [2.75, 3.05) is 7.11 Å². The topological polar surface area (TPSA) is 63.6 Å². The first-order chi connectivity index (χ1) is 14.9. The Labute approximate surface area is 182 Å². The second-order valence-electron chi connectivity index (χ2n) is 7.23. The lowest BCUT2D eigenvalue weighted by atomic mass is 9.86. The van der Waals surface area contributed by atoms with Crippen molar-refractivity contribution in [2.24, 2.45) is 0 Å². The molecule has 4 rings (SSSR count). The van der Waals surface area contributed by atoms with Gasteiger partial charge in [0.15, 0.2) is 0 Å². The summed E-state index contributed by atoms with van der Waals surface area (Å²) in [6, 6.07) is 27.9. The van der Waals surface area contributed by atoms with Crippen molar-refractivity contribution in [1.82, 2.24) is 0 Å². The highest BCUT2D eigenvalue weighted by Crippen LogP contribution is 2.43. The Balaban J connectivity index is 2.13. The lowest BCUT2D eigenvalue weighted by molar-refractivity contribution is 0.415. The molecule has 0 aliphatic heterocycles. The summed E-state index contributed by atoms with van der Waals surface area (Å²) in [5.74, 6) is 0.709. The van der Waals surface area contributed by atoms with Gasteiger partial charge >= 0.3 is 0 Å². The first-order valence-corrected chi connectivity index (χ1v) is 11.2. The molecular formula is C26H22O4S. The van der Waals surface area contributed by atoms with Gasteiger partial charge in [-0.1, -0.05) is 72.8 Å². The molecule has 0 saturated carbocycles. The number of methoxy groups -OCH3 is 1. The maximum absolute atomic E-state index is 12.5. The standard InChI is InChI=1S/C26H22O4S/c1-18-23(19-13-15-22(30-2)16-14-19)17-24(31(27,28)29)26(21-11-7-4-8-12-21)25(18)20-9-5-3-6-10-20/h3-17H,1-2H3,(H,27,28,29). The van der Waals surface area contributed by atoms with Crippen molar-refractivity contribution >= 4 is 10.1 Å². The Bertz CT molecular complexity index is 1310. The fourth-order valence-electron chi connectivity index (χ4n) is 3.89. The van der Waals surface area contributed by atoms with Gasteiger partial charge in [-0.25, -0.2) is 0 Å². The van der Waals surface area contributed by atoms with Gasteiger partial charge in [0.05, 0.1) is 7.11 Å². The van der Waals surface area contributed by atoms with Crippen LogP contribution in [0.5, 0.6) is 5.75 Å². The summed E-state index contributed by atoms with van der Waals surface area (Å²) in [5, 5.41) is 0. The molecule has 156 valence electrons. The van der Waals surface area contributed by atoms with Crippen LogP contribution in [0.4, 0.5) is 0 Å². The number of ether oxygens (including phenoxy) is 1. The fourth-order valence-corrected chi connectivity index (χ4v) is 4.63. The minimum absolute atomic E-state index is 0.117. The van der Waals surface area contributed by atoms with Crippen molar-refractivity contribution in [3.63, 3.8) is 0 Å². The second kappa shape index (κ2) is 8.38. The van der Waals surface area contributed by atoms with E-state index in [0.29, 0.717) is 11.3 Å². The normalized spacial score (nSPS) is 11.3. The predicted molar refractivity (Wildman–Crippen MR) is 124 cm³/mol. The third-order valence-electron chi connectivity index (χ3n) is 5.35. The summed E-state index contributed by atoms with van der Waals surface area (Å²) in [4.78, 5) is -0.117. The van der Waals surface area contributed by atoms with E-state index in [9.17, 15) is 13.0 Å². The summed E-state index contributed by atoms with van der Waals surface area (Å²) < 4.78 is 40.5. The predicted octanol–water partition coefficient (Wildman–Crippen LogP) is 6.25. The molecule has 4 nitrogen and oxygen atoms in total.